The number of phosphoric acid groups is 1. The van der Waals surface area contributed by atoms with Gasteiger partial charge in [0.25, 0.3) is 0 Å². The molecule has 0 amide bonds. The molecule has 56 heavy (non-hydrogen) atoms. The summed E-state index contributed by atoms with van der Waals surface area (Å²) >= 11 is 0. The first-order valence-corrected chi connectivity index (χ1v) is 23.2. The zero-order valence-corrected chi connectivity index (χ0v) is 35.9. The van der Waals surface area contributed by atoms with Crippen molar-refractivity contribution in [2.75, 3.05) is 13.2 Å². The van der Waals surface area contributed by atoms with E-state index in [1.807, 2.05) is 0 Å². The second-order valence-electron chi connectivity index (χ2n) is 15.1. The third-order valence-corrected chi connectivity index (χ3v) is 10.2. The van der Waals surface area contributed by atoms with Crippen LogP contribution in [0.25, 0.3) is 0 Å². The molecule has 0 spiro atoms. The third kappa shape index (κ3) is 37.5. The Bertz CT molecular complexity index is 1120. The van der Waals surface area contributed by atoms with Crippen LogP contribution in [0.5, 0.6) is 0 Å². The van der Waals surface area contributed by atoms with E-state index in [-0.39, 0.29) is 25.7 Å². The van der Waals surface area contributed by atoms with Gasteiger partial charge in [0, 0.05) is 12.8 Å². The zero-order valence-electron chi connectivity index (χ0n) is 35.0. The molecule has 0 radical (unpaired) electrons. The maximum atomic E-state index is 12.4. The van der Waals surface area contributed by atoms with E-state index < -0.39 is 57.4 Å². The fourth-order valence-electron chi connectivity index (χ4n) is 5.97. The summed E-state index contributed by atoms with van der Waals surface area (Å²) in [5, 5.41) is 30.3. The summed E-state index contributed by atoms with van der Waals surface area (Å²) in [7, 11) is -4.85. The molecule has 12 heteroatoms. The van der Waals surface area contributed by atoms with Gasteiger partial charge in [-0.05, 0) is 31.6 Å². The lowest BCUT2D eigenvalue weighted by Gasteiger charge is -2.19. The van der Waals surface area contributed by atoms with Crippen molar-refractivity contribution in [1.29, 1.82) is 0 Å². The van der Waals surface area contributed by atoms with Crippen molar-refractivity contribution in [2.24, 2.45) is 5.92 Å². The van der Waals surface area contributed by atoms with Gasteiger partial charge in [-0.25, -0.2) is 4.57 Å². The molecule has 0 heterocycles. The van der Waals surface area contributed by atoms with E-state index in [0.29, 0.717) is 6.42 Å². The molecule has 0 aromatic carbocycles. The van der Waals surface area contributed by atoms with Crippen LogP contribution >= 0.6 is 7.82 Å². The summed E-state index contributed by atoms with van der Waals surface area (Å²) in [6.45, 7) is 5.67. The van der Waals surface area contributed by atoms with Gasteiger partial charge in [0.1, 0.15) is 6.61 Å². The number of carbonyl (C=O) groups is 2. The number of phosphoric ester groups is 1. The molecule has 0 saturated carbocycles. The standard InChI is InChI=1S/C44H79O11P/c1-4-6-23-30-39(45)31-25-20-17-18-21-26-32-41(46)42(47)33-28-35-44(49)55-40(37-54-56(50,51)52)36-53-43(48)34-27-22-16-14-12-10-8-7-9-11-13-15-19-24-29-38(3)5-2/h17-18,20-21,25-26,31-32,38-42,45-47H,4-16,19,22-24,27-30,33-37H2,1-3H3,(H2,50,51,52)/b20-17-,21-18+,31-25+,32-26+/t38?,39-,40+,41-,42-/m0/s1. The van der Waals surface area contributed by atoms with Crippen LogP contribution in [0.3, 0.4) is 0 Å². The van der Waals surface area contributed by atoms with Crippen LogP contribution in [0.15, 0.2) is 48.6 Å². The number of unbranched alkanes of at least 4 members (excludes halogenated alkanes) is 15. The number of aliphatic hydroxyl groups excluding tert-OH is 3. The molecular formula is C44H79O11P. The normalized spacial score (nSPS) is 15.2. The number of carbonyl (C=O) groups excluding carboxylic acids is 2. The van der Waals surface area contributed by atoms with Gasteiger partial charge in [0.05, 0.1) is 24.9 Å². The topological polar surface area (TPSA) is 180 Å². The first kappa shape index (κ1) is 53.9. The van der Waals surface area contributed by atoms with E-state index in [0.717, 1.165) is 50.9 Å². The van der Waals surface area contributed by atoms with Crippen LogP contribution in [0.4, 0.5) is 0 Å². The molecule has 326 valence electrons. The molecule has 0 aromatic rings. The SMILES string of the molecule is CCCCC[C@H](O)/C=C/C=C\C=C\C=C\[C@H](O)[C@@H](O)CCCC(=O)O[C@H](COC(=O)CCCCCCCCCCCCCCCCC(C)CC)COP(=O)(O)O. The van der Waals surface area contributed by atoms with E-state index in [2.05, 4.69) is 25.3 Å². The summed E-state index contributed by atoms with van der Waals surface area (Å²) in [5.74, 6) is -0.346. The smallest absolute Gasteiger partial charge is 0.462 e. The van der Waals surface area contributed by atoms with Gasteiger partial charge in [-0.2, -0.15) is 0 Å². The Morgan fingerprint density at radius 3 is 1.64 bits per heavy atom. The number of allylic oxidation sites excluding steroid dienone is 6. The van der Waals surface area contributed by atoms with E-state index >= 15 is 0 Å². The van der Waals surface area contributed by atoms with Crippen LogP contribution in [0, 0.1) is 5.92 Å². The highest BCUT2D eigenvalue weighted by Crippen LogP contribution is 2.36. The molecule has 0 aromatic heterocycles. The van der Waals surface area contributed by atoms with E-state index in [1.165, 1.54) is 83.1 Å². The van der Waals surface area contributed by atoms with Gasteiger partial charge in [0.2, 0.25) is 0 Å². The summed E-state index contributed by atoms with van der Waals surface area (Å²) in [5.41, 5.74) is 0. The molecule has 0 bridgehead atoms. The van der Waals surface area contributed by atoms with Crippen molar-refractivity contribution in [3.63, 3.8) is 0 Å². The number of aliphatic hydroxyl groups is 3. The summed E-state index contributed by atoms with van der Waals surface area (Å²) in [6, 6.07) is 0. The van der Waals surface area contributed by atoms with Crippen LogP contribution in [0.2, 0.25) is 0 Å². The molecule has 0 aliphatic rings. The highest BCUT2D eigenvalue weighted by atomic mass is 31.2. The Kier molecular flexibility index (Phi) is 35.8. The monoisotopic (exact) mass is 815 g/mol. The highest BCUT2D eigenvalue weighted by molar-refractivity contribution is 7.46. The summed E-state index contributed by atoms with van der Waals surface area (Å²) < 4.78 is 26.2. The third-order valence-electron chi connectivity index (χ3n) is 9.76. The maximum absolute atomic E-state index is 12.4. The molecule has 5 N–H and O–H groups in total. The average molecular weight is 815 g/mol. The fourth-order valence-corrected chi connectivity index (χ4v) is 6.33. The first-order valence-electron chi connectivity index (χ1n) is 21.7. The fraction of sp³-hybridized carbons (Fsp3) is 0.773. The van der Waals surface area contributed by atoms with Gasteiger partial charge in [-0.3, -0.25) is 14.1 Å². The zero-order chi connectivity index (χ0) is 41.7. The van der Waals surface area contributed by atoms with E-state index in [9.17, 15) is 29.5 Å². The number of hydrogen-bond acceptors (Lipinski definition) is 9. The van der Waals surface area contributed by atoms with Gasteiger partial charge in [-0.1, -0.05) is 185 Å². The first-order chi connectivity index (χ1) is 26.9. The second kappa shape index (κ2) is 37.2. The predicted octanol–water partition coefficient (Wildman–Crippen LogP) is 9.90. The van der Waals surface area contributed by atoms with E-state index in [1.54, 1.807) is 42.5 Å². The largest absolute Gasteiger partial charge is 0.469 e. The molecule has 0 saturated heterocycles. The number of rotatable bonds is 38. The van der Waals surface area contributed by atoms with Crippen molar-refractivity contribution >= 4 is 19.8 Å². The predicted molar refractivity (Wildman–Crippen MR) is 225 cm³/mol. The Balaban J connectivity index is 4.22. The number of ether oxygens (including phenoxy) is 2. The van der Waals surface area contributed by atoms with Gasteiger partial charge in [-0.15, -0.1) is 0 Å². The van der Waals surface area contributed by atoms with E-state index in [4.69, 9.17) is 19.3 Å². The quantitative estimate of drug-likeness (QED) is 0.0173. The van der Waals surface area contributed by atoms with Gasteiger partial charge in [0.15, 0.2) is 6.10 Å². The molecule has 0 fully saturated rings. The lowest BCUT2D eigenvalue weighted by molar-refractivity contribution is -0.161. The Morgan fingerprint density at radius 1 is 0.589 bits per heavy atom. The van der Waals surface area contributed by atoms with Crippen molar-refractivity contribution in [2.45, 2.75) is 199 Å². The molecule has 0 rings (SSSR count). The van der Waals surface area contributed by atoms with Crippen molar-refractivity contribution in [3.8, 4) is 0 Å². The highest BCUT2D eigenvalue weighted by Gasteiger charge is 2.23. The van der Waals surface area contributed by atoms with Gasteiger partial charge >= 0.3 is 19.8 Å². The summed E-state index contributed by atoms with van der Waals surface area (Å²) in [4.78, 5) is 42.9. The summed E-state index contributed by atoms with van der Waals surface area (Å²) in [6.07, 6.45) is 33.4. The number of hydrogen-bond donors (Lipinski definition) is 5. The van der Waals surface area contributed by atoms with Crippen molar-refractivity contribution in [3.05, 3.63) is 48.6 Å². The van der Waals surface area contributed by atoms with Crippen LogP contribution in [-0.4, -0.2) is 74.7 Å². The number of esters is 2. The van der Waals surface area contributed by atoms with Crippen LogP contribution in [0.1, 0.15) is 175 Å². The lowest BCUT2D eigenvalue weighted by Crippen LogP contribution is -2.29. The van der Waals surface area contributed by atoms with Crippen LogP contribution < -0.4 is 0 Å². The minimum atomic E-state index is -4.85. The molecule has 11 nitrogen and oxygen atoms in total. The second-order valence-corrected chi connectivity index (χ2v) is 16.4. The lowest BCUT2D eigenvalue weighted by atomic mass is 9.99. The molecular weight excluding hydrogens is 735 g/mol. The van der Waals surface area contributed by atoms with Crippen LogP contribution in [-0.2, 0) is 28.2 Å². The van der Waals surface area contributed by atoms with Crippen molar-refractivity contribution in [1.82, 2.24) is 0 Å². The van der Waals surface area contributed by atoms with Crippen molar-refractivity contribution < 1.29 is 53.3 Å². The maximum Gasteiger partial charge on any atom is 0.469 e. The Labute approximate surface area is 339 Å². The van der Waals surface area contributed by atoms with Gasteiger partial charge < -0.3 is 34.6 Å². The Hall–Kier alpha value is -2.11. The Morgan fingerprint density at radius 2 is 1.09 bits per heavy atom. The molecule has 1 unspecified atom stereocenters. The molecule has 0 aliphatic heterocycles. The minimum Gasteiger partial charge on any atom is -0.462 e. The minimum absolute atomic E-state index is 0.0904. The average Bonchev–Trinajstić information content (AvgIpc) is 3.16. The molecule has 5 atom stereocenters. The molecule has 0 aliphatic carbocycles.